The van der Waals surface area contributed by atoms with Crippen molar-refractivity contribution in [2.75, 3.05) is 12.5 Å². The molecule has 4 nitrogen and oxygen atoms in total. The van der Waals surface area contributed by atoms with E-state index in [-0.39, 0.29) is 5.91 Å². The third-order valence-corrected chi connectivity index (χ3v) is 1.82. The van der Waals surface area contributed by atoms with Gasteiger partial charge >= 0.3 is 0 Å². The Hall–Kier alpha value is -1.97. The predicted octanol–water partition coefficient (Wildman–Crippen LogP) is 2.10. The average Bonchev–Trinajstić information content (AvgIpc) is 2.26. The second kappa shape index (κ2) is 5.80. The average molecular weight is 220 g/mol. The number of benzene rings is 1. The van der Waals surface area contributed by atoms with Crippen LogP contribution in [0.25, 0.3) is 0 Å². The van der Waals surface area contributed by atoms with Gasteiger partial charge in [-0.25, -0.2) is 0 Å². The number of carbonyl (C=O) groups excluding carboxylic acids is 1. The summed E-state index contributed by atoms with van der Waals surface area (Å²) in [7, 11) is 1.60. The lowest BCUT2D eigenvalue weighted by molar-refractivity contribution is -0.116. The maximum atomic E-state index is 11.3. The minimum absolute atomic E-state index is 0.178. The van der Waals surface area contributed by atoms with Crippen LogP contribution in [0.3, 0.4) is 0 Å². The highest BCUT2D eigenvalue weighted by Crippen LogP contribution is 2.15. The summed E-state index contributed by atoms with van der Waals surface area (Å²) in [4.78, 5) is 11.3. The third-order valence-electron chi connectivity index (χ3n) is 1.82. The Labute approximate surface area is 95.3 Å². The Morgan fingerprint density at radius 2 is 2.12 bits per heavy atom. The van der Waals surface area contributed by atoms with Gasteiger partial charge in [-0.2, -0.15) is 0 Å². The molecule has 0 heterocycles. The number of hydrazine groups is 1. The van der Waals surface area contributed by atoms with Gasteiger partial charge in [-0.3, -0.25) is 15.6 Å². The molecule has 0 spiro atoms. The number of hydrogen-bond acceptors (Lipinski definition) is 3. The van der Waals surface area contributed by atoms with Gasteiger partial charge in [0.1, 0.15) is 5.75 Å². The van der Waals surface area contributed by atoms with Gasteiger partial charge < -0.3 is 4.74 Å². The van der Waals surface area contributed by atoms with E-state index in [0.717, 1.165) is 17.0 Å². The minimum atomic E-state index is -0.178. The molecule has 4 heteroatoms. The first-order valence-electron chi connectivity index (χ1n) is 4.97. The normalized spacial score (nSPS) is 9.19. The largest absolute Gasteiger partial charge is 0.497 e. The molecule has 0 aliphatic carbocycles. The van der Waals surface area contributed by atoms with Crippen LogP contribution in [0.4, 0.5) is 5.69 Å². The fourth-order valence-electron chi connectivity index (χ4n) is 1.13. The molecule has 0 aliphatic heterocycles. The zero-order chi connectivity index (χ0) is 12.0. The highest BCUT2D eigenvalue weighted by molar-refractivity contribution is 5.88. The van der Waals surface area contributed by atoms with E-state index in [0.29, 0.717) is 0 Å². The van der Waals surface area contributed by atoms with Crippen LogP contribution in [-0.4, -0.2) is 13.0 Å². The van der Waals surface area contributed by atoms with Crippen molar-refractivity contribution in [3.05, 3.63) is 35.9 Å². The van der Waals surface area contributed by atoms with Gasteiger partial charge in [-0.15, -0.1) is 0 Å². The Morgan fingerprint density at radius 1 is 1.38 bits per heavy atom. The lowest BCUT2D eigenvalue weighted by atomic mass is 10.3. The summed E-state index contributed by atoms with van der Waals surface area (Å²) in [6.07, 6.45) is 1.52. The van der Waals surface area contributed by atoms with Crippen molar-refractivity contribution in [3.63, 3.8) is 0 Å². The van der Waals surface area contributed by atoms with Crippen molar-refractivity contribution in [1.29, 1.82) is 0 Å². The molecule has 0 atom stereocenters. The van der Waals surface area contributed by atoms with E-state index >= 15 is 0 Å². The molecule has 0 fully saturated rings. The summed E-state index contributed by atoms with van der Waals surface area (Å²) in [5.74, 6) is 0.560. The van der Waals surface area contributed by atoms with E-state index in [1.807, 2.05) is 32.0 Å². The fraction of sp³-hybridized carbons (Fsp3) is 0.250. The second-order valence-electron chi connectivity index (χ2n) is 3.57. The smallest absolute Gasteiger partial charge is 0.262 e. The number of ether oxygens (including phenoxy) is 1. The van der Waals surface area contributed by atoms with Crippen LogP contribution in [0.1, 0.15) is 13.8 Å². The van der Waals surface area contributed by atoms with Crippen LogP contribution in [-0.2, 0) is 4.79 Å². The molecule has 1 aromatic rings. The number of carbonyl (C=O) groups is 1. The summed E-state index contributed by atoms with van der Waals surface area (Å²) < 4.78 is 5.06. The fourth-order valence-corrected chi connectivity index (χ4v) is 1.13. The Balaban J connectivity index is 2.54. The van der Waals surface area contributed by atoms with Crippen molar-refractivity contribution < 1.29 is 9.53 Å². The van der Waals surface area contributed by atoms with E-state index in [1.165, 1.54) is 6.08 Å². The number of allylic oxidation sites excluding steroid dienone is 1. The number of nitrogens with one attached hydrogen (secondary N) is 2. The summed E-state index contributed by atoms with van der Waals surface area (Å²) in [6.45, 7) is 3.73. The highest BCUT2D eigenvalue weighted by Gasteiger charge is 1.97. The molecule has 0 unspecified atom stereocenters. The first-order valence-corrected chi connectivity index (χ1v) is 4.97. The standard InChI is InChI=1S/C12H16N2O2/c1-9(2)7-12(15)14-13-10-5-4-6-11(8-10)16-3/h4-8,13H,1-3H3,(H,14,15). The molecular formula is C12H16N2O2. The number of amides is 1. The number of methoxy groups -OCH3 is 1. The van der Waals surface area contributed by atoms with E-state index in [4.69, 9.17) is 4.74 Å². The van der Waals surface area contributed by atoms with Crippen molar-refractivity contribution in [3.8, 4) is 5.75 Å². The van der Waals surface area contributed by atoms with Crippen molar-refractivity contribution in [2.24, 2.45) is 0 Å². The molecule has 0 saturated carbocycles. The Morgan fingerprint density at radius 3 is 2.75 bits per heavy atom. The minimum Gasteiger partial charge on any atom is -0.497 e. The molecule has 0 aliphatic rings. The van der Waals surface area contributed by atoms with Gasteiger partial charge in [0.25, 0.3) is 5.91 Å². The monoisotopic (exact) mass is 220 g/mol. The molecule has 1 aromatic carbocycles. The van der Waals surface area contributed by atoms with Crippen LogP contribution in [0, 0.1) is 0 Å². The zero-order valence-corrected chi connectivity index (χ0v) is 9.70. The number of rotatable bonds is 4. The molecule has 1 amide bonds. The van der Waals surface area contributed by atoms with Gasteiger partial charge in [-0.1, -0.05) is 11.6 Å². The summed E-state index contributed by atoms with van der Waals surface area (Å²) in [5, 5.41) is 0. The molecule has 2 N–H and O–H groups in total. The van der Waals surface area contributed by atoms with Crippen LogP contribution in [0.2, 0.25) is 0 Å². The highest BCUT2D eigenvalue weighted by atomic mass is 16.5. The maximum absolute atomic E-state index is 11.3. The van der Waals surface area contributed by atoms with Gasteiger partial charge in [0, 0.05) is 12.1 Å². The lowest BCUT2D eigenvalue weighted by Crippen LogP contribution is -2.27. The quantitative estimate of drug-likeness (QED) is 0.603. The summed E-state index contributed by atoms with van der Waals surface area (Å²) in [6, 6.07) is 7.31. The topological polar surface area (TPSA) is 50.4 Å². The van der Waals surface area contributed by atoms with Crippen LogP contribution in [0.15, 0.2) is 35.9 Å². The SMILES string of the molecule is COc1cccc(NNC(=O)C=C(C)C)c1. The number of anilines is 1. The van der Waals surface area contributed by atoms with Crippen LogP contribution >= 0.6 is 0 Å². The van der Waals surface area contributed by atoms with Gasteiger partial charge in [0.2, 0.25) is 0 Å². The number of hydrogen-bond donors (Lipinski definition) is 2. The molecule has 16 heavy (non-hydrogen) atoms. The van der Waals surface area contributed by atoms with Gasteiger partial charge in [-0.05, 0) is 26.0 Å². The summed E-state index contributed by atoms with van der Waals surface area (Å²) in [5.41, 5.74) is 7.08. The predicted molar refractivity (Wildman–Crippen MR) is 64.2 cm³/mol. The van der Waals surface area contributed by atoms with Crippen LogP contribution < -0.4 is 15.6 Å². The summed E-state index contributed by atoms with van der Waals surface area (Å²) >= 11 is 0. The first kappa shape index (κ1) is 12.1. The molecule has 0 aromatic heterocycles. The van der Waals surface area contributed by atoms with Crippen molar-refractivity contribution in [1.82, 2.24) is 5.43 Å². The third kappa shape index (κ3) is 4.04. The van der Waals surface area contributed by atoms with E-state index < -0.39 is 0 Å². The lowest BCUT2D eigenvalue weighted by Gasteiger charge is -2.08. The Kier molecular flexibility index (Phi) is 4.39. The molecule has 0 radical (unpaired) electrons. The van der Waals surface area contributed by atoms with E-state index in [2.05, 4.69) is 10.9 Å². The van der Waals surface area contributed by atoms with E-state index in [1.54, 1.807) is 13.2 Å². The van der Waals surface area contributed by atoms with Crippen molar-refractivity contribution in [2.45, 2.75) is 13.8 Å². The molecule has 0 bridgehead atoms. The van der Waals surface area contributed by atoms with Gasteiger partial charge in [0.15, 0.2) is 0 Å². The molecular weight excluding hydrogens is 204 g/mol. The zero-order valence-electron chi connectivity index (χ0n) is 9.70. The second-order valence-corrected chi connectivity index (χ2v) is 3.57. The van der Waals surface area contributed by atoms with Crippen LogP contribution in [0.5, 0.6) is 5.75 Å². The maximum Gasteiger partial charge on any atom is 0.262 e. The molecule has 86 valence electrons. The Bertz CT molecular complexity index is 396. The molecule has 1 rings (SSSR count). The van der Waals surface area contributed by atoms with Gasteiger partial charge in [0.05, 0.1) is 12.8 Å². The molecule has 0 saturated heterocycles. The van der Waals surface area contributed by atoms with E-state index in [9.17, 15) is 4.79 Å². The van der Waals surface area contributed by atoms with Crippen molar-refractivity contribution >= 4 is 11.6 Å². The first-order chi connectivity index (χ1) is 7.61.